The summed E-state index contributed by atoms with van der Waals surface area (Å²) in [6, 6.07) is 0. The number of unbranched alkanes of at least 4 members (excludes halogenated alkanes) is 1. The fraction of sp³-hybridized carbons (Fsp3) is 0.667. The third-order valence-electron chi connectivity index (χ3n) is 1.42. The number of hydrogen-bond acceptors (Lipinski definition) is 2. The van der Waals surface area contributed by atoms with Gasteiger partial charge in [-0.15, -0.1) is 6.58 Å². The minimum absolute atomic E-state index is 0.300. The largest absolute Gasteiger partial charge is 0.307 e. The number of ketones is 1. The number of nitrogens with one attached hydrogen (secondary N) is 1. The third kappa shape index (κ3) is 7.26. The summed E-state index contributed by atoms with van der Waals surface area (Å²) >= 11 is 0. The smallest absolute Gasteiger partial charge is 0.146 e. The lowest BCUT2D eigenvalue weighted by Gasteiger charge is -1.99. The van der Waals surface area contributed by atoms with Crippen LogP contribution in [0.3, 0.4) is 0 Å². The summed E-state index contributed by atoms with van der Waals surface area (Å²) in [6.45, 7) is 6.85. The minimum Gasteiger partial charge on any atom is -0.307 e. The molecule has 1 N–H and O–H groups in total. The predicted molar refractivity (Wildman–Crippen MR) is 47.6 cm³/mol. The summed E-state index contributed by atoms with van der Waals surface area (Å²) < 4.78 is 0. The zero-order chi connectivity index (χ0) is 8.53. The second kappa shape index (κ2) is 7.48. The lowest BCUT2D eigenvalue weighted by Crippen LogP contribution is -2.22. The monoisotopic (exact) mass is 155 g/mol. The van der Waals surface area contributed by atoms with E-state index < -0.39 is 0 Å². The van der Waals surface area contributed by atoms with Crippen molar-refractivity contribution in [2.45, 2.75) is 26.2 Å². The molecule has 0 radical (unpaired) electrons. The van der Waals surface area contributed by atoms with Gasteiger partial charge in [0.1, 0.15) is 5.78 Å². The molecule has 0 aromatic heterocycles. The normalized spacial score (nSPS) is 9.55. The fourth-order valence-electron chi connectivity index (χ4n) is 0.776. The highest BCUT2D eigenvalue weighted by Gasteiger charge is 1.97. The van der Waals surface area contributed by atoms with Crippen molar-refractivity contribution in [1.29, 1.82) is 0 Å². The van der Waals surface area contributed by atoms with Gasteiger partial charge in [-0.1, -0.05) is 19.4 Å². The molecular weight excluding hydrogens is 138 g/mol. The van der Waals surface area contributed by atoms with Crippen molar-refractivity contribution in [3.05, 3.63) is 12.7 Å². The highest BCUT2D eigenvalue weighted by molar-refractivity contribution is 5.80. The number of carbonyl (C=O) groups excluding carboxylic acids is 1. The first-order valence-corrected chi connectivity index (χ1v) is 4.14. The molecule has 0 unspecified atom stereocenters. The Bertz CT molecular complexity index is 121. The first-order chi connectivity index (χ1) is 5.31. The Morgan fingerprint density at radius 3 is 2.91 bits per heavy atom. The van der Waals surface area contributed by atoms with E-state index in [4.69, 9.17) is 0 Å². The molecule has 0 aromatic carbocycles. The van der Waals surface area contributed by atoms with Crippen LogP contribution in [0, 0.1) is 0 Å². The molecule has 64 valence electrons. The summed E-state index contributed by atoms with van der Waals surface area (Å²) in [6.07, 6.45) is 4.57. The molecule has 0 aliphatic carbocycles. The molecule has 0 amide bonds. The quantitative estimate of drug-likeness (QED) is 0.446. The lowest BCUT2D eigenvalue weighted by molar-refractivity contribution is -0.118. The molecule has 0 aliphatic rings. The SMILES string of the molecule is C=CCNCC(=O)CCCC. The van der Waals surface area contributed by atoms with Crippen molar-refractivity contribution in [2.75, 3.05) is 13.1 Å². The Morgan fingerprint density at radius 1 is 1.64 bits per heavy atom. The topological polar surface area (TPSA) is 29.1 Å². The summed E-state index contributed by atoms with van der Waals surface area (Å²) in [5, 5.41) is 2.98. The second-order valence-corrected chi connectivity index (χ2v) is 2.56. The summed E-state index contributed by atoms with van der Waals surface area (Å²) in [5.41, 5.74) is 0. The zero-order valence-corrected chi connectivity index (χ0v) is 7.23. The number of hydrogen-bond donors (Lipinski definition) is 1. The molecule has 0 saturated heterocycles. The van der Waals surface area contributed by atoms with Crippen molar-refractivity contribution in [2.24, 2.45) is 0 Å². The van der Waals surface area contributed by atoms with Crippen LogP contribution in [0.2, 0.25) is 0 Å². The minimum atomic E-state index is 0.300. The zero-order valence-electron chi connectivity index (χ0n) is 7.23. The van der Waals surface area contributed by atoms with Gasteiger partial charge in [0.05, 0.1) is 6.54 Å². The van der Waals surface area contributed by atoms with E-state index in [0.29, 0.717) is 18.7 Å². The van der Waals surface area contributed by atoms with E-state index in [1.807, 2.05) is 0 Å². The van der Waals surface area contributed by atoms with Gasteiger partial charge in [-0.05, 0) is 6.42 Å². The van der Waals surface area contributed by atoms with Crippen LogP contribution in [-0.2, 0) is 4.79 Å². The van der Waals surface area contributed by atoms with E-state index in [1.165, 1.54) is 0 Å². The standard InChI is InChI=1S/C9H17NO/c1-3-5-6-9(11)8-10-7-4-2/h4,10H,2-3,5-8H2,1H3. The van der Waals surface area contributed by atoms with Gasteiger partial charge in [0, 0.05) is 13.0 Å². The average molecular weight is 155 g/mol. The van der Waals surface area contributed by atoms with Crippen LogP contribution in [0.5, 0.6) is 0 Å². The van der Waals surface area contributed by atoms with Gasteiger partial charge in [0.15, 0.2) is 0 Å². The Labute approximate surface area is 68.7 Å². The van der Waals surface area contributed by atoms with Gasteiger partial charge in [0.2, 0.25) is 0 Å². The van der Waals surface area contributed by atoms with E-state index in [1.54, 1.807) is 6.08 Å². The highest BCUT2D eigenvalue weighted by Crippen LogP contribution is 1.93. The van der Waals surface area contributed by atoms with Crippen molar-refractivity contribution >= 4 is 5.78 Å². The first kappa shape index (κ1) is 10.4. The molecule has 2 nitrogen and oxygen atoms in total. The summed E-state index contributed by atoms with van der Waals surface area (Å²) in [4.78, 5) is 11.0. The Hall–Kier alpha value is -0.630. The molecule has 0 bridgehead atoms. The number of rotatable bonds is 7. The van der Waals surface area contributed by atoms with Gasteiger partial charge in [-0.2, -0.15) is 0 Å². The van der Waals surface area contributed by atoms with Crippen LogP contribution >= 0.6 is 0 Å². The average Bonchev–Trinajstić information content (AvgIpc) is 2.01. The number of carbonyl (C=O) groups is 1. The van der Waals surface area contributed by atoms with Gasteiger partial charge >= 0.3 is 0 Å². The van der Waals surface area contributed by atoms with Crippen molar-refractivity contribution in [3.8, 4) is 0 Å². The maximum atomic E-state index is 11.0. The molecular formula is C9H17NO. The first-order valence-electron chi connectivity index (χ1n) is 4.14. The fourth-order valence-corrected chi connectivity index (χ4v) is 0.776. The van der Waals surface area contributed by atoms with E-state index in [9.17, 15) is 4.79 Å². The van der Waals surface area contributed by atoms with Crippen LogP contribution in [-0.4, -0.2) is 18.9 Å². The maximum absolute atomic E-state index is 11.0. The number of Topliss-reactive ketones (excluding diaryl/α,β-unsaturated/α-hetero) is 1. The molecule has 2 heteroatoms. The molecule has 0 heterocycles. The second-order valence-electron chi connectivity index (χ2n) is 2.56. The highest BCUT2D eigenvalue weighted by atomic mass is 16.1. The molecule has 0 aliphatic heterocycles. The van der Waals surface area contributed by atoms with Gasteiger partial charge < -0.3 is 5.32 Å². The van der Waals surface area contributed by atoms with Crippen LogP contribution < -0.4 is 5.32 Å². The molecule has 0 rings (SSSR count). The molecule has 0 fully saturated rings. The molecule has 0 spiro atoms. The van der Waals surface area contributed by atoms with E-state index in [2.05, 4.69) is 18.8 Å². The van der Waals surface area contributed by atoms with Crippen molar-refractivity contribution in [3.63, 3.8) is 0 Å². The predicted octanol–water partition coefficient (Wildman–Crippen LogP) is 1.52. The molecule has 0 aromatic rings. The van der Waals surface area contributed by atoms with Crippen molar-refractivity contribution in [1.82, 2.24) is 5.32 Å². The van der Waals surface area contributed by atoms with Crippen LogP contribution in [0.4, 0.5) is 0 Å². The third-order valence-corrected chi connectivity index (χ3v) is 1.42. The Kier molecular flexibility index (Phi) is 7.05. The van der Waals surface area contributed by atoms with Gasteiger partial charge in [-0.3, -0.25) is 4.79 Å². The van der Waals surface area contributed by atoms with Crippen LogP contribution in [0.25, 0.3) is 0 Å². The Balaban J connectivity index is 3.15. The van der Waals surface area contributed by atoms with Crippen LogP contribution in [0.1, 0.15) is 26.2 Å². The van der Waals surface area contributed by atoms with Crippen molar-refractivity contribution < 1.29 is 4.79 Å². The van der Waals surface area contributed by atoms with E-state index in [0.717, 1.165) is 19.4 Å². The molecule has 0 atom stereocenters. The molecule has 0 saturated carbocycles. The summed E-state index contributed by atoms with van der Waals surface area (Å²) in [5.74, 6) is 0.300. The van der Waals surface area contributed by atoms with E-state index >= 15 is 0 Å². The summed E-state index contributed by atoms with van der Waals surface area (Å²) in [7, 11) is 0. The molecule has 11 heavy (non-hydrogen) atoms. The Morgan fingerprint density at radius 2 is 2.36 bits per heavy atom. The van der Waals surface area contributed by atoms with Gasteiger partial charge in [-0.25, -0.2) is 0 Å². The van der Waals surface area contributed by atoms with Gasteiger partial charge in [0.25, 0.3) is 0 Å². The van der Waals surface area contributed by atoms with Crippen LogP contribution in [0.15, 0.2) is 12.7 Å². The lowest BCUT2D eigenvalue weighted by atomic mass is 10.2. The van der Waals surface area contributed by atoms with E-state index in [-0.39, 0.29) is 0 Å². The maximum Gasteiger partial charge on any atom is 0.146 e.